The molecule has 0 saturated heterocycles. The highest BCUT2D eigenvalue weighted by atomic mass is 35.5. The average Bonchev–Trinajstić information content (AvgIpc) is 2.78. The van der Waals surface area contributed by atoms with Crippen LogP contribution in [-0.4, -0.2) is 6.04 Å². The molecule has 2 aromatic rings. The number of benzene rings is 1. The second kappa shape index (κ2) is 7.21. The number of hydrogen-bond acceptors (Lipinski definition) is 3. The van der Waals surface area contributed by atoms with Gasteiger partial charge >= 0.3 is 0 Å². The fourth-order valence-electron chi connectivity index (χ4n) is 1.89. The summed E-state index contributed by atoms with van der Waals surface area (Å²) in [5.41, 5.74) is 1.14. The number of halogens is 2. The number of rotatable bonds is 6. The van der Waals surface area contributed by atoms with E-state index < -0.39 is 0 Å². The van der Waals surface area contributed by atoms with Crippen LogP contribution in [0.4, 0.5) is 0 Å². The van der Waals surface area contributed by atoms with Gasteiger partial charge < -0.3 is 14.5 Å². The lowest BCUT2D eigenvalue weighted by atomic mass is 10.2. The molecule has 3 nitrogen and oxygen atoms in total. The van der Waals surface area contributed by atoms with E-state index in [2.05, 4.69) is 19.2 Å². The minimum absolute atomic E-state index is 0.322. The Morgan fingerprint density at radius 3 is 2.76 bits per heavy atom. The maximum Gasteiger partial charge on any atom is 0.146 e. The van der Waals surface area contributed by atoms with Crippen LogP contribution in [0.2, 0.25) is 10.0 Å². The van der Waals surface area contributed by atoms with E-state index in [1.54, 1.807) is 18.2 Å². The normalized spacial score (nSPS) is 11.1. The van der Waals surface area contributed by atoms with E-state index in [1.165, 1.54) is 0 Å². The molecule has 0 aliphatic rings. The first kappa shape index (κ1) is 16.2. The van der Waals surface area contributed by atoms with Crippen molar-refractivity contribution in [1.29, 1.82) is 0 Å². The zero-order valence-corrected chi connectivity index (χ0v) is 13.9. The molecule has 0 spiro atoms. The summed E-state index contributed by atoms with van der Waals surface area (Å²) < 4.78 is 11.4. The molecule has 0 bridgehead atoms. The van der Waals surface area contributed by atoms with Gasteiger partial charge in [0.1, 0.15) is 28.9 Å². The monoisotopic (exact) mass is 327 g/mol. The molecule has 0 radical (unpaired) electrons. The highest BCUT2D eigenvalue weighted by Crippen LogP contribution is 2.32. The van der Waals surface area contributed by atoms with Crippen molar-refractivity contribution in [3.63, 3.8) is 0 Å². The Balaban J connectivity index is 2.00. The minimum atomic E-state index is 0.322. The Morgan fingerprint density at radius 1 is 1.29 bits per heavy atom. The maximum atomic E-state index is 6.08. The fraction of sp³-hybridized carbons (Fsp3) is 0.375. The molecule has 0 amide bonds. The van der Waals surface area contributed by atoms with Crippen molar-refractivity contribution in [1.82, 2.24) is 5.32 Å². The Hall–Kier alpha value is -1.16. The van der Waals surface area contributed by atoms with Gasteiger partial charge in [0, 0.05) is 18.2 Å². The van der Waals surface area contributed by atoms with Crippen molar-refractivity contribution in [2.45, 2.75) is 40.0 Å². The van der Waals surface area contributed by atoms with Gasteiger partial charge in [-0.25, -0.2) is 0 Å². The van der Waals surface area contributed by atoms with Gasteiger partial charge in [0.25, 0.3) is 0 Å². The SMILES string of the molecule is Cc1oc(COc2cccc(Cl)c2Cl)cc1CNC(C)C. The van der Waals surface area contributed by atoms with E-state index in [9.17, 15) is 0 Å². The van der Waals surface area contributed by atoms with Gasteiger partial charge in [-0.1, -0.05) is 43.1 Å². The quantitative estimate of drug-likeness (QED) is 0.813. The van der Waals surface area contributed by atoms with Crippen LogP contribution in [0.3, 0.4) is 0 Å². The van der Waals surface area contributed by atoms with Crippen molar-refractivity contribution in [3.8, 4) is 5.75 Å². The summed E-state index contributed by atoms with van der Waals surface area (Å²) in [6.07, 6.45) is 0. The van der Waals surface area contributed by atoms with Crippen molar-refractivity contribution in [2.24, 2.45) is 0 Å². The second-order valence-corrected chi connectivity index (χ2v) is 5.96. The summed E-state index contributed by atoms with van der Waals surface area (Å²) in [7, 11) is 0. The van der Waals surface area contributed by atoms with Crippen LogP contribution in [0, 0.1) is 6.92 Å². The van der Waals surface area contributed by atoms with Crippen molar-refractivity contribution < 1.29 is 9.15 Å². The molecule has 2 rings (SSSR count). The molecule has 0 saturated carbocycles. The summed E-state index contributed by atoms with van der Waals surface area (Å²) in [6.45, 7) is 7.28. The molecule has 21 heavy (non-hydrogen) atoms. The van der Waals surface area contributed by atoms with E-state index >= 15 is 0 Å². The van der Waals surface area contributed by atoms with Crippen LogP contribution < -0.4 is 10.1 Å². The van der Waals surface area contributed by atoms with Crippen LogP contribution in [0.15, 0.2) is 28.7 Å². The summed E-state index contributed by atoms with van der Waals surface area (Å²) in [6, 6.07) is 7.75. The first-order valence-corrected chi connectivity index (χ1v) is 7.61. The zero-order valence-electron chi connectivity index (χ0n) is 12.4. The third-order valence-corrected chi connectivity index (χ3v) is 3.86. The lowest BCUT2D eigenvalue weighted by Crippen LogP contribution is -2.21. The van der Waals surface area contributed by atoms with E-state index in [0.29, 0.717) is 28.4 Å². The number of nitrogens with one attached hydrogen (secondary N) is 1. The van der Waals surface area contributed by atoms with Gasteiger partial charge in [0.15, 0.2) is 0 Å². The van der Waals surface area contributed by atoms with Crippen LogP contribution in [0.1, 0.15) is 30.9 Å². The van der Waals surface area contributed by atoms with Gasteiger partial charge in [-0.15, -0.1) is 0 Å². The number of aryl methyl sites for hydroxylation is 1. The van der Waals surface area contributed by atoms with Gasteiger partial charge in [0.05, 0.1) is 5.02 Å². The largest absolute Gasteiger partial charge is 0.484 e. The lowest BCUT2D eigenvalue weighted by molar-refractivity contribution is 0.267. The summed E-state index contributed by atoms with van der Waals surface area (Å²) in [5, 5.41) is 4.27. The van der Waals surface area contributed by atoms with Crippen LogP contribution >= 0.6 is 23.2 Å². The van der Waals surface area contributed by atoms with Crippen LogP contribution in [-0.2, 0) is 13.2 Å². The molecule has 5 heteroatoms. The Kier molecular flexibility index (Phi) is 5.57. The van der Waals surface area contributed by atoms with Crippen molar-refractivity contribution in [3.05, 3.63) is 51.4 Å². The molecule has 1 N–H and O–H groups in total. The molecule has 0 unspecified atom stereocenters. The number of hydrogen-bond donors (Lipinski definition) is 1. The molecule has 0 aliphatic carbocycles. The van der Waals surface area contributed by atoms with Crippen LogP contribution in [0.5, 0.6) is 5.75 Å². The van der Waals surface area contributed by atoms with Gasteiger partial charge in [-0.05, 0) is 25.1 Å². The topological polar surface area (TPSA) is 34.4 Å². The highest BCUT2D eigenvalue weighted by molar-refractivity contribution is 6.42. The zero-order chi connectivity index (χ0) is 15.4. The maximum absolute atomic E-state index is 6.08. The predicted octanol–water partition coefficient (Wildman–Crippen LogP) is 4.97. The van der Waals surface area contributed by atoms with Gasteiger partial charge in [0.2, 0.25) is 0 Å². The average molecular weight is 328 g/mol. The molecular weight excluding hydrogens is 309 g/mol. The molecule has 1 heterocycles. The highest BCUT2D eigenvalue weighted by Gasteiger charge is 2.10. The predicted molar refractivity (Wildman–Crippen MR) is 86.2 cm³/mol. The van der Waals surface area contributed by atoms with Crippen LogP contribution in [0.25, 0.3) is 0 Å². The third-order valence-electron chi connectivity index (χ3n) is 3.06. The number of furan rings is 1. The Labute approximate surface area is 135 Å². The minimum Gasteiger partial charge on any atom is -0.484 e. The smallest absolute Gasteiger partial charge is 0.146 e. The van der Waals surface area contributed by atoms with Crippen molar-refractivity contribution >= 4 is 23.2 Å². The summed E-state index contributed by atoms with van der Waals surface area (Å²) in [5.74, 6) is 2.23. The first-order valence-electron chi connectivity index (χ1n) is 6.85. The molecule has 0 fully saturated rings. The van der Waals surface area contributed by atoms with E-state index in [1.807, 2.05) is 13.0 Å². The molecule has 0 atom stereocenters. The van der Waals surface area contributed by atoms with E-state index in [4.69, 9.17) is 32.4 Å². The Morgan fingerprint density at radius 2 is 2.05 bits per heavy atom. The standard InChI is InChI=1S/C16H19Cl2NO2/c1-10(2)19-8-12-7-13(21-11(12)3)9-20-15-6-4-5-14(17)16(15)18/h4-7,10,19H,8-9H2,1-3H3. The summed E-state index contributed by atoms with van der Waals surface area (Å²) >= 11 is 12.0. The molecule has 1 aromatic carbocycles. The van der Waals surface area contributed by atoms with E-state index in [0.717, 1.165) is 23.6 Å². The second-order valence-electron chi connectivity index (χ2n) is 5.17. The fourth-order valence-corrected chi connectivity index (χ4v) is 2.24. The van der Waals surface area contributed by atoms with E-state index in [-0.39, 0.29) is 0 Å². The van der Waals surface area contributed by atoms with Gasteiger partial charge in [-0.3, -0.25) is 0 Å². The number of ether oxygens (including phenoxy) is 1. The molecule has 1 aromatic heterocycles. The molecule has 114 valence electrons. The molecule has 0 aliphatic heterocycles. The summed E-state index contributed by atoms with van der Waals surface area (Å²) in [4.78, 5) is 0. The molecular formula is C16H19Cl2NO2. The lowest BCUT2D eigenvalue weighted by Gasteiger charge is -2.07. The Bertz CT molecular complexity index is 608. The van der Waals surface area contributed by atoms with Gasteiger partial charge in [-0.2, -0.15) is 0 Å². The third kappa shape index (κ3) is 4.40. The first-order chi connectivity index (χ1) is 9.97. The van der Waals surface area contributed by atoms with Crippen molar-refractivity contribution in [2.75, 3.05) is 0 Å².